The van der Waals surface area contributed by atoms with Crippen LogP contribution in [0, 0.1) is 0 Å². The van der Waals surface area contributed by atoms with E-state index >= 15 is 0 Å². The Morgan fingerprint density at radius 3 is 2.28 bits per heavy atom. The van der Waals surface area contributed by atoms with E-state index in [9.17, 15) is 4.79 Å². The molecule has 0 saturated carbocycles. The summed E-state index contributed by atoms with van der Waals surface area (Å²) in [6.45, 7) is 1.88. The molecule has 0 unspecified atom stereocenters. The summed E-state index contributed by atoms with van der Waals surface area (Å²) in [5.41, 5.74) is 2.71. The number of methoxy groups -OCH3 is 3. The highest BCUT2D eigenvalue weighted by atomic mass is 16.5. The molecule has 2 atom stereocenters. The van der Waals surface area contributed by atoms with Gasteiger partial charge in [-0.15, -0.1) is 0 Å². The molecule has 6 nitrogen and oxygen atoms in total. The second-order valence-electron chi connectivity index (χ2n) is 7.64. The minimum Gasteiger partial charge on any atom is -0.496 e. The Kier molecular flexibility index (Phi) is 5.48. The summed E-state index contributed by atoms with van der Waals surface area (Å²) in [5, 5.41) is 6.68. The zero-order valence-corrected chi connectivity index (χ0v) is 17.2. The van der Waals surface area contributed by atoms with E-state index in [4.69, 9.17) is 14.2 Å². The molecule has 1 saturated heterocycles. The van der Waals surface area contributed by atoms with Crippen molar-refractivity contribution in [3.8, 4) is 11.5 Å². The van der Waals surface area contributed by atoms with Crippen molar-refractivity contribution in [2.24, 2.45) is 0 Å². The maximum absolute atomic E-state index is 13.4. The molecule has 2 aliphatic rings. The molecular weight excluding hydrogens is 368 g/mol. The van der Waals surface area contributed by atoms with Gasteiger partial charge in [-0.25, -0.2) is 0 Å². The van der Waals surface area contributed by atoms with Gasteiger partial charge in [0, 0.05) is 12.5 Å². The van der Waals surface area contributed by atoms with Gasteiger partial charge in [-0.1, -0.05) is 30.3 Å². The van der Waals surface area contributed by atoms with Crippen LogP contribution in [0.25, 0.3) is 0 Å². The Bertz CT molecular complexity index is 870. The monoisotopic (exact) mass is 396 g/mol. The van der Waals surface area contributed by atoms with Gasteiger partial charge >= 0.3 is 0 Å². The van der Waals surface area contributed by atoms with Crippen LogP contribution >= 0.6 is 0 Å². The quantitative estimate of drug-likeness (QED) is 0.813. The summed E-state index contributed by atoms with van der Waals surface area (Å²) < 4.78 is 16.9. The van der Waals surface area contributed by atoms with Gasteiger partial charge in [-0.3, -0.25) is 4.79 Å². The highest BCUT2D eigenvalue weighted by molar-refractivity contribution is 6.00. The first-order chi connectivity index (χ1) is 14.2. The van der Waals surface area contributed by atoms with Gasteiger partial charge in [0.2, 0.25) is 0 Å². The largest absolute Gasteiger partial charge is 0.496 e. The lowest BCUT2D eigenvalue weighted by Gasteiger charge is -2.40. The Morgan fingerprint density at radius 2 is 1.66 bits per heavy atom. The zero-order valence-electron chi connectivity index (χ0n) is 17.2. The van der Waals surface area contributed by atoms with Gasteiger partial charge in [0.05, 0.1) is 26.4 Å². The van der Waals surface area contributed by atoms with Crippen LogP contribution in [-0.2, 0) is 10.2 Å². The first kappa shape index (κ1) is 19.7. The molecule has 1 fully saturated rings. The lowest BCUT2D eigenvalue weighted by atomic mass is 9.72. The van der Waals surface area contributed by atoms with Crippen LogP contribution in [0.3, 0.4) is 0 Å². The number of hydrogen-bond donors (Lipinski definition) is 2. The summed E-state index contributed by atoms with van der Waals surface area (Å²) in [5.74, 6) is 0.740. The van der Waals surface area contributed by atoms with Crippen molar-refractivity contribution in [1.29, 1.82) is 0 Å². The smallest absolute Gasteiger partial charge is 0.259 e. The third-order valence-electron chi connectivity index (χ3n) is 6.37. The van der Waals surface area contributed by atoms with Gasteiger partial charge < -0.3 is 24.8 Å². The molecule has 0 bridgehead atoms. The molecule has 154 valence electrons. The van der Waals surface area contributed by atoms with Crippen molar-refractivity contribution < 1.29 is 19.0 Å². The number of nitrogens with one attached hydrogen (secondary N) is 2. The summed E-state index contributed by atoms with van der Waals surface area (Å²) in [6.07, 6.45) is 1.83. The predicted molar refractivity (Wildman–Crippen MR) is 111 cm³/mol. The average molecular weight is 396 g/mol. The summed E-state index contributed by atoms with van der Waals surface area (Å²) in [7, 11) is 4.85. The number of carbonyl (C=O) groups excluding carboxylic acids is 1. The van der Waals surface area contributed by atoms with Gasteiger partial charge in [-0.2, -0.15) is 0 Å². The van der Waals surface area contributed by atoms with Crippen molar-refractivity contribution in [2.75, 3.05) is 34.4 Å². The summed E-state index contributed by atoms with van der Waals surface area (Å²) in [6, 6.07) is 13.5. The van der Waals surface area contributed by atoms with Crippen molar-refractivity contribution >= 4 is 5.91 Å². The minimum absolute atomic E-state index is 0.0978. The maximum atomic E-state index is 13.4. The van der Waals surface area contributed by atoms with Crippen LogP contribution in [0.4, 0.5) is 0 Å². The molecule has 29 heavy (non-hydrogen) atoms. The first-order valence-corrected chi connectivity index (χ1v) is 10.0. The van der Waals surface area contributed by atoms with E-state index in [1.165, 1.54) is 5.56 Å². The standard InChI is InChI=1S/C23H28N2O4/c1-27-17-9-6-10-18(28-2)19(17)22(26)25-20-15-7-4-5-8-16(15)23(21(20)29-3)11-13-24-14-12-23/h4-10,20-21,24H,11-14H2,1-3H3,(H,25,26)/t20-,21+/m1/s1. The second kappa shape index (κ2) is 8.05. The fourth-order valence-corrected chi connectivity index (χ4v) is 5.09. The van der Waals surface area contributed by atoms with Gasteiger partial charge in [-0.05, 0) is 49.2 Å². The highest BCUT2D eigenvalue weighted by Crippen LogP contribution is 2.51. The molecule has 2 aromatic carbocycles. The second-order valence-corrected chi connectivity index (χ2v) is 7.64. The molecule has 2 aromatic rings. The minimum atomic E-state index is -0.239. The van der Waals surface area contributed by atoms with Crippen LogP contribution in [0.15, 0.2) is 42.5 Å². The number of benzene rings is 2. The number of piperidine rings is 1. The molecule has 1 spiro atoms. The Balaban J connectivity index is 1.73. The van der Waals surface area contributed by atoms with E-state index in [0.717, 1.165) is 31.5 Å². The van der Waals surface area contributed by atoms with Crippen LogP contribution in [0.2, 0.25) is 0 Å². The van der Waals surface area contributed by atoms with Crippen LogP contribution in [-0.4, -0.2) is 46.4 Å². The molecule has 6 heteroatoms. The van der Waals surface area contributed by atoms with Crippen LogP contribution in [0.5, 0.6) is 11.5 Å². The van der Waals surface area contributed by atoms with E-state index in [-0.39, 0.29) is 23.5 Å². The molecule has 1 amide bonds. The number of fused-ring (bicyclic) bond motifs is 2. The molecule has 4 rings (SSSR count). The number of hydrogen-bond acceptors (Lipinski definition) is 5. The summed E-state index contributed by atoms with van der Waals surface area (Å²) >= 11 is 0. The molecule has 0 aromatic heterocycles. The number of rotatable bonds is 5. The molecule has 2 N–H and O–H groups in total. The Hall–Kier alpha value is -2.57. The molecule has 1 aliphatic heterocycles. The molecule has 1 heterocycles. The number of ether oxygens (including phenoxy) is 3. The average Bonchev–Trinajstić information content (AvgIpc) is 3.02. The summed E-state index contributed by atoms with van der Waals surface area (Å²) in [4.78, 5) is 13.4. The van der Waals surface area contributed by atoms with Gasteiger partial charge in [0.15, 0.2) is 0 Å². The Labute approximate surface area is 171 Å². The molecular formula is C23H28N2O4. The number of carbonyl (C=O) groups is 1. The third kappa shape index (κ3) is 3.16. The normalized spacial score (nSPS) is 22.2. The maximum Gasteiger partial charge on any atom is 0.259 e. The fourth-order valence-electron chi connectivity index (χ4n) is 5.09. The van der Waals surface area contributed by atoms with E-state index in [0.29, 0.717) is 17.1 Å². The van der Waals surface area contributed by atoms with Crippen LogP contribution < -0.4 is 20.1 Å². The molecule has 0 radical (unpaired) electrons. The van der Waals surface area contributed by atoms with Crippen molar-refractivity contribution in [2.45, 2.75) is 30.4 Å². The highest BCUT2D eigenvalue weighted by Gasteiger charge is 2.53. The predicted octanol–water partition coefficient (Wildman–Crippen LogP) is 2.82. The van der Waals surface area contributed by atoms with E-state index in [2.05, 4.69) is 28.8 Å². The van der Waals surface area contributed by atoms with Crippen molar-refractivity contribution in [1.82, 2.24) is 10.6 Å². The van der Waals surface area contributed by atoms with E-state index in [1.54, 1.807) is 39.5 Å². The van der Waals surface area contributed by atoms with Gasteiger partial charge in [0.1, 0.15) is 17.1 Å². The van der Waals surface area contributed by atoms with E-state index < -0.39 is 0 Å². The first-order valence-electron chi connectivity index (χ1n) is 10.0. The lowest BCUT2D eigenvalue weighted by Crippen LogP contribution is -2.49. The molecule has 1 aliphatic carbocycles. The van der Waals surface area contributed by atoms with Crippen molar-refractivity contribution in [3.05, 3.63) is 59.2 Å². The third-order valence-corrected chi connectivity index (χ3v) is 6.37. The van der Waals surface area contributed by atoms with Crippen LogP contribution in [0.1, 0.15) is 40.4 Å². The number of amides is 1. The zero-order chi connectivity index (χ0) is 20.4. The Morgan fingerprint density at radius 1 is 1.00 bits per heavy atom. The topological polar surface area (TPSA) is 68.8 Å². The van der Waals surface area contributed by atoms with E-state index in [1.807, 2.05) is 6.07 Å². The SMILES string of the molecule is COc1cccc(OC)c1C(=O)N[C@@H]1c2ccccc2C2(CCNCC2)[C@H]1OC. The van der Waals surface area contributed by atoms with Gasteiger partial charge in [0.25, 0.3) is 5.91 Å². The lowest BCUT2D eigenvalue weighted by molar-refractivity contribution is 0.00392. The van der Waals surface area contributed by atoms with Crippen molar-refractivity contribution in [3.63, 3.8) is 0 Å². The fraction of sp³-hybridized carbons (Fsp3) is 0.435.